The van der Waals surface area contributed by atoms with Crippen molar-refractivity contribution in [1.29, 1.82) is 0 Å². The van der Waals surface area contributed by atoms with Gasteiger partial charge in [-0.1, -0.05) is 35.5 Å². The van der Waals surface area contributed by atoms with Crippen LogP contribution >= 0.6 is 23.4 Å². The molecule has 2 aromatic carbocycles. The summed E-state index contributed by atoms with van der Waals surface area (Å²) in [7, 11) is 1.69. The number of aromatic nitrogens is 2. The van der Waals surface area contributed by atoms with E-state index in [0.717, 1.165) is 42.9 Å². The maximum atomic E-state index is 6.01. The van der Waals surface area contributed by atoms with Crippen LogP contribution < -0.4 is 4.74 Å². The lowest BCUT2D eigenvalue weighted by Gasteiger charge is -2.09. The molecule has 3 nitrogen and oxygen atoms in total. The summed E-state index contributed by atoms with van der Waals surface area (Å²) in [5.74, 6) is 0.826. The van der Waals surface area contributed by atoms with Crippen LogP contribution in [0.15, 0.2) is 76.7 Å². The van der Waals surface area contributed by atoms with Gasteiger partial charge in [0.25, 0.3) is 0 Å². The van der Waals surface area contributed by atoms with Crippen LogP contribution in [-0.2, 0) is 0 Å². The number of nitrogens with one attached hydrogen (secondary N) is 1. The number of H-pyrrole nitrogens is 1. The number of rotatable bonds is 4. The molecule has 5 heteroatoms. The lowest BCUT2D eigenvalue weighted by molar-refractivity contribution is 0.416. The fraction of sp³-hybridized carbons (Fsp3) is 0.0500. The molecule has 1 N–H and O–H groups in total. The molecule has 124 valence electrons. The topological polar surface area (TPSA) is 37.9 Å². The van der Waals surface area contributed by atoms with Gasteiger partial charge in [0, 0.05) is 32.0 Å². The number of ether oxygens (including phenoxy) is 1. The zero-order chi connectivity index (χ0) is 17.2. The summed E-state index contributed by atoms with van der Waals surface area (Å²) in [6.45, 7) is 0. The van der Waals surface area contributed by atoms with Crippen LogP contribution in [0.2, 0.25) is 5.02 Å². The highest BCUT2D eigenvalue weighted by Crippen LogP contribution is 2.43. The normalized spacial score (nSPS) is 11.0. The largest absolute Gasteiger partial charge is 0.496 e. The van der Waals surface area contributed by atoms with Crippen LogP contribution in [0.1, 0.15) is 0 Å². The molecule has 0 spiro atoms. The Morgan fingerprint density at radius 1 is 1.00 bits per heavy atom. The van der Waals surface area contributed by atoms with Gasteiger partial charge >= 0.3 is 0 Å². The van der Waals surface area contributed by atoms with Crippen LogP contribution in [-0.4, -0.2) is 17.1 Å². The molecule has 2 heterocycles. The quantitative estimate of drug-likeness (QED) is 0.478. The molecular weight excluding hydrogens is 352 g/mol. The van der Waals surface area contributed by atoms with Crippen molar-refractivity contribution >= 4 is 34.4 Å². The number of hydrogen-bond donors (Lipinski definition) is 1. The van der Waals surface area contributed by atoms with Gasteiger partial charge in [-0.05, 0) is 48.5 Å². The van der Waals surface area contributed by atoms with Gasteiger partial charge in [-0.2, -0.15) is 0 Å². The van der Waals surface area contributed by atoms with Crippen LogP contribution in [0.5, 0.6) is 5.75 Å². The Labute approximate surface area is 155 Å². The average molecular weight is 367 g/mol. The fourth-order valence-corrected chi connectivity index (χ4v) is 3.94. The van der Waals surface area contributed by atoms with E-state index in [1.807, 2.05) is 48.5 Å². The van der Waals surface area contributed by atoms with Gasteiger partial charge in [-0.3, -0.25) is 0 Å². The minimum atomic E-state index is 0.731. The molecule has 0 radical (unpaired) electrons. The average Bonchev–Trinajstić information content (AvgIpc) is 3.02. The van der Waals surface area contributed by atoms with E-state index < -0.39 is 0 Å². The SMILES string of the molecule is COc1ccccc1-c1[nH]c2ncccc2c1Sc1ccc(Cl)cc1. The summed E-state index contributed by atoms with van der Waals surface area (Å²) in [4.78, 5) is 10.2. The van der Waals surface area contributed by atoms with Crippen LogP contribution in [0, 0.1) is 0 Å². The van der Waals surface area contributed by atoms with Crippen molar-refractivity contribution in [2.75, 3.05) is 7.11 Å². The molecule has 0 fully saturated rings. The summed E-state index contributed by atoms with van der Waals surface area (Å²) in [5.41, 5.74) is 2.88. The zero-order valence-corrected chi connectivity index (χ0v) is 15.1. The number of nitrogens with zero attached hydrogens (tertiary/aromatic N) is 1. The molecule has 0 unspecified atom stereocenters. The molecule has 2 aromatic heterocycles. The first-order valence-electron chi connectivity index (χ1n) is 7.80. The summed E-state index contributed by atoms with van der Waals surface area (Å²) in [6, 6.07) is 19.9. The summed E-state index contributed by atoms with van der Waals surface area (Å²) >= 11 is 7.70. The second-order valence-corrected chi connectivity index (χ2v) is 7.01. The zero-order valence-electron chi connectivity index (χ0n) is 13.5. The molecule has 4 aromatic rings. The van der Waals surface area contributed by atoms with E-state index in [1.54, 1.807) is 25.1 Å². The first-order valence-corrected chi connectivity index (χ1v) is 8.99. The number of hydrogen-bond acceptors (Lipinski definition) is 3. The Balaban J connectivity index is 1.90. The highest BCUT2D eigenvalue weighted by atomic mass is 35.5. The third-order valence-corrected chi connectivity index (χ3v) is 5.32. The maximum absolute atomic E-state index is 6.01. The minimum absolute atomic E-state index is 0.731. The lowest BCUT2D eigenvalue weighted by Crippen LogP contribution is -1.88. The van der Waals surface area contributed by atoms with E-state index in [4.69, 9.17) is 16.3 Å². The van der Waals surface area contributed by atoms with E-state index in [2.05, 4.69) is 22.1 Å². The number of aromatic amines is 1. The molecule has 25 heavy (non-hydrogen) atoms. The Hall–Kier alpha value is -2.43. The Morgan fingerprint density at radius 3 is 2.60 bits per heavy atom. The molecule has 0 bridgehead atoms. The van der Waals surface area contributed by atoms with Crippen LogP contribution in [0.3, 0.4) is 0 Å². The molecule has 0 aliphatic rings. The van der Waals surface area contributed by atoms with Crippen molar-refractivity contribution in [1.82, 2.24) is 9.97 Å². The number of para-hydroxylation sites is 1. The van der Waals surface area contributed by atoms with E-state index in [1.165, 1.54) is 0 Å². The van der Waals surface area contributed by atoms with E-state index in [0.29, 0.717) is 0 Å². The Kier molecular flexibility index (Phi) is 4.38. The number of fused-ring (bicyclic) bond motifs is 1. The van der Waals surface area contributed by atoms with E-state index in [-0.39, 0.29) is 0 Å². The third kappa shape index (κ3) is 3.11. The maximum Gasteiger partial charge on any atom is 0.138 e. The molecule has 0 amide bonds. The molecule has 0 saturated carbocycles. The first-order chi connectivity index (χ1) is 12.3. The van der Waals surface area contributed by atoms with Crippen molar-refractivity contribution in [3.63, 3.8) is 0 Å². The fourth-order valence-electron chi connectivity index (χ4n) is 2.77. The van der Waals surface area contributed by atoms with E-state index >= 15 is 0 Å². The molecule has 0 aliphatic heterocycles. The van der Waals surface area contributed by atoms with Gasteiger partial charge in [0.15, 0.2) is 0 Å². The van der Waals surface area contributed by atoms with Gasteiger partial charge in [-0.15, -0.1) is 0 Å². The van der Waals surface area contributed by atoms with Crippen molar-refractivity contribution in [2.45, 2.75) is 9.79 Å². The number of benzene rings is 2. The van der Waals surface area contributed by atoms with Crippen molar-refractivity contribution in [3.8, 4) is 17.0 Å². The third-order valence-electron chi connectivity index (χ3n) is 3.93. The monoisotopic (exact) mass is 366 g/mol. The predicted octanol–water partition coefficient (Wildman–Crippen LogP) is 6.04. The standard InChI is InChI=1S/C20H15ClN2OS/c1-24-17-7-3-2-5-15(17)18-19(16-6-4-12-22-20(16)23-18)25-14-10-8-13(21)9-11-14/h2-12H,1H3,(H,22,23). The first kappa shape index (κ1) is 16.1. The predicted molar refractivity (Wildman–Crippen MR) is 104 cm³/mol. The van der Waals surface area contributed by atoms with Gasteiger partial charge in [-0.25, -0.2) is 4.98 Å². The molecule has 0 saturated heterocycles. The lowest BCUT2D eigenvalue weighted by atomic mass is 10.1. The van der Waals surface area contributed by atoms with Gasteiger partial charge in [0.05, 0.1) is 12.8 Å². The summed E-state index contributed by atoms with van der Waals surface area (Å²) in [5, 5.41) is 1.82. The number of halogens is 1. The van der Waals surface area contributed by atoms with Crippen LogP contribution in [0.25, 0.3) is 22.3 Å². The molecule has 0 atom stereocenters. The number of pyridine rings is 1. The molecule has 4 rings (SSSR count). The highest BCUT2D eigenvalue weighted by molar-refractivity contribution is 7.99. The Morgan fingerprint density at radius 2 is 1.80 bits per heavy atom. The second-order valence-electron chi connectivity index (χ2n) is 5.48. The van der Waals surface area contributed by atoms with E-state index in [9.17, 15) is 0 Å². The Bertz CT molecular complexity index is 1030. The summed E-state index contributed by atoms with van der Waals surface area (Å²) < 4.78 is 5.55. The van der Waals surface area contributed by atoms with Gasteiger partial charge < -0.3 is 9.72 Å². The molecule has 0 aliphatic carbocycles. The summed E-state index contributed by atoms with van der Waals surface area (Å²) in [6.07, 6.45) is 1.79. The van der Waals surface area contributed by atoms with Gasteiger partial charge in [0.2, 0.25) is 0 Å². The van der Waals surface area contributed by atoms with Crippen LogP contribution in [0.4, 0.5) is 0 Å². The molecular formula is C20H15ClN2OS. The second kappa shape index (κ2) is 6.82. The number of methoxy groups -OCH3 is 1. The highest BCUT2D eigenvalue weighted by Gasteiger charge is 2.17. The minimum Gasteiger partial charge on any atom is -0.496 e. The van der Waals surface area contributed by atoms with Crippen molar-refractivity contribution in [3.05, 3.63) is 71.9 Å². The van der Waals surface area contributed by atoms with Gasteiger partial charge in [0.1, 0.15) is 11.4 Å². The van der Waals surface area contributed by atoms with Crippen molar-refractivity contribution in [2.24, 2.45) is 0 Å². The smallest absolute Gasteiger partial charge is 0.138 e. The van der Waals surface area contributed by atoms with Crippen molar-refractivity contribution < 1.29 is 4.74 Å².